The molecule has 0 bridgehead atoms. The molecule has 1 nitrogen and oxygen atoms in total. The third-order valence-electron chi connectivity index (χ3n) is 5.16. The Kier molecular flexibility index (Phi) is 3.95. The number of nitrogens with one attached hydrogen (secondary N) is 1. The highest BCUT2D eigenvalue weighted by molar-refractivity contribution is 6.14. The Morgan fingerprint density at radius 2 is 1.83 bits per heavy atom. The number of benzene rings is 2. The van der Waals surface area contributed by atoms with Crippen molar-refractivity contribution >= 4 is 13.5 Å². The molecule has 1 unspecified atom stereocenters. The molecule has 3 rings (SSSR count). The quantitative estimate of drug-likeness (QED) is 0.839. The number of aryl methyl sites for hydroxylation is 1. The van der Waals surface area contributed by atoms with Crippen molar-refractivity contribution in [2.24, 2.45) is 11.3 Å². The Hall–Kier alpha value is -1.84. The van der Waals surface area contributed by atoms with E-state index in [-0.39, 0.29) is 11.4 Å². The molecule has 0 aliphatic heterocycles. The van der Waals surface area contributed by atoms with Crippen LogP contribution in [0.2, 0.25) is 0 Å². The summed E-state index contributed by atoms with van der Waals surface area (Å²) in [6.07, 6.45) is 0. The number of hydrogen-bond donors (Lipinski definition) is 1. The van der Waals surface area contributed by atoms with Crippen molar-refractivity contribution in [3.63, 3.8) is 0 Å². The van der Waals surface area contributed by atoms with Gasteiger partial charge < -0.3 is 5.32 Å². The van der Waals surface area contributed by atoms with Gasteiger partial charge in [-0.3, -0.25) is 0 Å². The molecule has 3 atom stereocenters. The van der Waals surface area contributed by atoms with Gasteiger partial charge >= 0.3 is 0 Å². The molecule has 0 spiro atoms. The van der Waals surface area contributed by atoms with E-state index in [1.807, 2.05) is 0 Å². The van der Waals surface area contributed by atoms with Gasteiger partial charge in [0.05, 0.1) is 0 Å². The molecular weight excluding hydrogens is 291 g/mol. The third-order valence-corrected chi connectivity index (χ3v) is 5.16. The zero-order chi connectivity index (χ0) is 16.8. The van der Waals surface area contributed by atoms with Crippen LogP contribution in [0.4, 0.5) is 14.5 Å². The van der Waals surface area contributed by atoms with Crippen molar-refractivity contribution in [3.05, 3.63) is 65.2 Å². The fourth-order valence-corrected chi connectivity index (χ4v) is 4.05. The molecule has 1 aliphatic rings. The van der Waals surface area contributed by atoms with Gasteiger partial charge in [0.2, 0.25) is 0 Å². The van der Waals surface area contributed by atoms with Crippen molar-refractivity contribution in [2.75, 3.05) is 5.32 Å². The van der Waals surface area contributed by atoms with Crippen molar-refractivity contribution in [1.82, 2.24) is 0 Å². The molecule has 0 aromatic heterocycles. The minimum atomic E-state index is -0.813. The fourth-order valence-electron chi connectivity index (χ4n) is 4.05. The van der Waals surface area contributed by atoms with Gasteiger partial charge in [-0.15, -0.1) is 0 Å². The van der Waals surface area contributed by atoms with E-state index < -0.39 is 11.6 Å². The summed E-state index contributed by atoms with van der Waals surface area (Å²) < 4.78 is 26.4. The molecule has 0 amide bonds. The number of halogens is 2. The highest BCUT2D eigenvalue weighted by Gasteiger charge is 2.60. The normalized spacial score (nSPS) is 23.3. The Labute approximate surface area is 137 Å². The van der Waals surface area contributed by atoms with E-state index in [1.54, 1.807) is 6.07 Å². The smallest absolute Gasteiger partial charge is 0.160 e. The predicted molar refractivity (Wildman–Crippen MR) is 93.5 cm³/mol. The summed E-state index contributed by atoms with van der Waals surface area (Å²) in [6.45, 7) is 6.65. The van der Waals surface area contributed by atoms with Crippen molar-refractivity contribution in [2.45, 2.75) is 32.6 Å². The Balaban J connectivity index is 1.77. The molecule has 23 heavy (non-hydrogen) atoms. The van der Waals surface area contributed by atoms with E-state index in [1.165, 1.54) is 23.3 Å². The topological polar surface area (TPSA) is 12.0 Å². The van der Waals surface area contributed by atoms with Crippen molar-refractivity contribution < 1.29 is 8.78 Å². The number of hydrogen-bond acceptors (Lipinski definition) is 1. The molecular formula is C19H22BF2N. The summed E-state index contributed by atoms with van der Waals surface area (Å²) >= 11 is 0. The van der Waals surface area contributed by atoms with Crippen LogP contribution in [-0.2, 0) is 0 Å². The molecule has 1 N–H and O–H groups in total. The SMILES string of the molecule is BC(Nc1ccc(F)c(F)c1)[C@@H]1[C@@H](c2cccc(C)c2)C1(C)C. The predicted octanol–water partition coefficient (Wildman–Crippen LogP) is 4.08. The lowest BCUT2D eigenvalue weighted by Gasteiger charge is -2.17. The van der Waals surface area contributed by atoms with Crippen LogP contribution in [0.1, 0.15) is 30.9 Å². The minimum Gasteiger partial charge on any atom is -0.390 e. The van der Waals surface area contributed by atoms with Gasteiger partial charge in [-0.25, -0.2) is 8.78 Å². The van der Waals surface area contributed by atoms with Gasteiger partial charge in [-0.1, -0.05) is 43.7 Å². The maximum atomic E-state index is 13.4. The third kappa shape index (κ3) is 2.99. The lowest BCUT2D eigenvalue weighted by molar-refractivity contribution is 0.508. The van der Waals surface area contributed by atoms with Crippen LogP contribution in [-0.4, -0.2) is 13.8 Å². The van der Waals surface area contributed by atoms with E-state index in [2.05, 4.69) is 58.2 Å². The van der Waals surface area contributed by atoms with Crippen LogP contribution in [0.15, 0.2) is 42.5 Å². The van der Waals surface area contributed by atoms with Crippen LogP contribution in [0, 0.1) is 29.9 Å². The van der Waals surface area contributed by atoms with Gasteiger partial charge in [-0.05, 0) is 53.9 Å². The molecule has 4 heteroatoms. The second kappa shape index (κ2) is 5.66. The second-order valence-corrected chi connectivity index (χ2v) is 7.30. The maximum absolute atomic E-state index is 13.4. The van der Waals surface area contributed by atoms with E-state index >= 15 is 0 Å². The molecule has 0 radical (unpaired) electrons. The first-order valence-electron chi connectivity index (χ1n) is 8.09. The van der Waals surface area contributed by atoms with Gasteiger partial charge in [0.25, 0.3) is 0 Å². The monoisotopic (exact) mass is 313 g/mol. The van der Waals surface area contributed by atoms with Crippen LogP contribution >= 0.6 is 0 Å². The average Bonchev–Trinajstić information content (AvgIpc) is 3.06. The van der Waals surface area contributed by atoms with Crippen molar-refractivity contribution in [1.29, 1.82) is 0 Å². The first kappa shape index (κ1) is 16.0. The zero-order valence-corrected chi connectivity index (χ0v) is 14.0. The molecule has 1 saturated carbocycles. The van der Waals surface area contributed by atoms with Crippen LogP contribution < -0.4 is 5.32 Å². The van der Waals surface area contributed by atoms with Crippen LogP contribution in [0.25, 0.3) is 0 Å². The summed E-state index contributed by atoms with van der Waals surface area (Å²) in [7, 11) is 2.11. The zero-order valence-electron chi connectivity index (χ0n) is 14.0. The van der Waals surface area contributed by atoms with Crippen LogP contribution in [0.3, 0.4) is 0 Å². The molecule has 0 heterocycles. The highest BCUT2D eigenvalue weighted by atomic mass is 19.2. The molecule has 2 aromatic carbocycles. The molecule has 1 aliphatic carbocycles. The minimum absolute atomic E-state index is 0.181. The van der Waals surface area contributed by atoms with Gasteiger partial charge in [0.15, 0.2) is 11.6 Å². The number of anilines is 1. The summed E-state index contributed by atoms with van der Waals surface area (Å²) in [5.74, 6) is -0.506. The van der Waals surface area contributed by atoms with Crippen molar-refractivity contribution in [3.8, 4) is 0 Å². The van der Waals surface area contributed by atoms with E-state index in [0.717, 1.165) is 0 Å². The first-order chi connectivity index (χ1) is 10.8. The van der Waals surface area contributed by atoms with E-state index in [0.29, 0.717) is 17.5 Å². The largest absolute Gasteiger partial charge is 0.390 e. The second-order valence-electron chi connectivity index (χ2n) is 7.30. The van der Waals surface area contributed by atoms with Gasteiger partial charge in [0, 0.05) is 5.69 Å². The number of rotatable bonds is 4. The summed E-state index contributed by atoms with van der Waals surface area (Å²) in [5.41, 5.74) is 3.45. The van der Waals surface area contributed by atoms with Gasteiger partial charge in [0.1, 0.15) is 7.85 Å². The Morgan fingerprint density at radius 3 is 2.48 bits per heavy atom. The maximum Gasteiger partial charge on any atom is 0.160 e. The average molecular weight is 313 g/mol. The Bertz CT molecular complexity index is 729. The molecule has 0 saturated heterocycles. The summed E-state index contributed by atoms with van der Waals surface area (Å²) in [5, 5.41) is 3.34. The first-order valence-corrected chi connectivity index (χ1v) is 8.09. The van der Waals surface area contributed by atoms with E-state index in [9.17, 15) is 8.78 Å². The van der Waals surface area contributed by atoms with Gasteiger partial charge in [-0.2, -0.15) is 0 Å². The Morgan fingerprint density at radius 1 is 1.09 bits per heavy atom. The standard InChI is InChI=1S/C19H22BF2N/c1-11-5-4-6-12(9-11)16-17(19(16,2)3)18(20)23-13-7-8-14(21)15(22)10-13/h4-10,16-18,23H,20H2,1-3H3/t16-,17+,18?/m1/s1. The van der Waals surface area contributed by atoms with Crippen LogP contribution in [0.5, 0.6) is 0 Å². The highest BCUT2D eigenvalue weighted by Crippen LogP contribution is 2.65. The molecule has 2 aromatic rings. The lowest BCUT2D eigenvalue weighted by Crippen LogP contribution is -2.24. The lowest BCUT2D eigenvalue weighted by atomic mass is 9.87. The van der Waals surface area contributed by atoms with E-state index in [4.69, 9.17) is 0 Å². The molecule has 120 valence electrons. The summed E-state index contributed by atoms with van der Waals surface area (Å²) in [4.78, 5) is 0. The fraction of sp³-hybridized carbons (Fsp3) is 0.368. The summed E-state index contributed by atoms with van der Waals surface area (Å²) in [6, 6.07) is 12.6. The molecule has 1 fully saturated rings.